The summed E-state index contributed by atoms with van der Waals surface area (Å²) >= 11 is 0. The van der Waals surface area contributed by atoms with E-state index in [9.17, 15) is 9.18 Å². The Hall–Kier alpha value is -2.86. The van der Waals surface area contributed by atoms with Gasteiger partial charge in [0, 0.05) is 43.7 Å². The molecule has 0 radical (unpaired) electrons. The molecule has 0 aliphatic carbocycles. The summed E-state index contributed by atoms with van der Waals surface area (Å²) in [6, 6.07) is 11.1. The Morgan fingerprint density at radius 3 is 2.66 bits per heavy atom. The number of fused-ring (bicyclic) bond motifs is 1. The molecule has 1 aliphatic heterocycles. The zero-order valence-electron chi connectivity index (χ0n) is 16.8. The van der Waals surface area contributed by atoms with Crippen LogP contribution in [0.5, 0.6) is 5.75 Å². The third kappa shape index (κ3) is 4.27. The average Bonchev–Trinajstić information content (AvgIpc) is 3.10. The van der Waals surface area contributed by atoms with Crippen LogP contribution in [0.25, 0.3) is 11.0 Å². The Kier molecular flexibility index (Phi) is 5.53. The highest BCUT2D eigenvalue weighted by Crippen LogP contribution is 2.24. The molecule has 29 heavy (non-hydrogen) atoms. The predicted octanol–water partition coefficient (Wildman–Crippen LogP) is 3.78. The number of rotatable bonds is 5. The summed E-state index contributed by atoms with van der Waals surface area (Å²) in [4.78, 5) is 16.9. The quantitative estimate of drug-likeness (QED) is 0.659. The number of carbonyl (C=O) groups excluding carboxylic acids is 1. The van der Waals surface area contributed by atoms with Crippen molar-refractivity contribution >= 4 is 16.9 Å². The largest absolute Gasteiger partial charge is 0.494 e. The van der Waals surface area contributed by atoms with E-state index in [1.54, 1.807) is 12.3 Å². The maximum atomic E-state index is 13.9. The van der Waals surface area contributed by atoms with E-state index in [1.807, 2.05) is 36.1 Å². The van der Waals surface area contributed by atoms with Crippen molar-refractivity contribution in [2.75, 3.05) is 33.3 Å². The number of benzene rings is 2. The number of furan rings is 1. The first-order valence-electron chi connectivity index (χ1n) is 9.83. The molecule has 5 nitrogen and oxygen atoms in total. The van der Waals surface area contributed by atoms with Gasteiger partial charge in [-0.2, -0.15) is 0 Å². The van der Waals surface area contributed by atoms with Gasteiger partial charge in [0.1, 0.15) is 5.58 Å². The van der Waals surface area contributed by atoms with E-state index in [0.29, 0.717) is 26.1 Å². The lowest BCUT2D eigenvalue weighted by Gasteiger charge is -2.34. The lowest BCUT2D eigenvalue weighted by atomic mass is 10.1. The first-order valence-corrected chi connectivity index (χ1v) is 9.83. The van der Waals surface area contributed by atoms with Crippen LogP contribution in [-0.4, -0.2) is 49.0 Å². The van der Waals surface area contributed by atoms with E-state index in [0.717, 1.165) is 40.7 Å². The van der Waals surface area contributed by atoms with Crippen molar-refractivity contribution in [3.63, 3.8) is 0 Å². The normalized spacial score (nSPS) is 15.1. The van der Waals surface area contributed by atoms with Gasteiger partial charge < -0.3 is 14.1 Å². The molecule has 6 heteroatoms. The number of methoxy groups -OCH3 is 1. The van der Waals surface area contributed by atoms with Gasteiger partial charge in [-0.25, -0.2) is 4.39 Å². The van der Waals surface area contributed by atoms with E-state index in [2.05, 4.69) is 4.90 Å². The van der Waals surface area contributed by atoms with Gasteiger partial charge in [0.05, 0.1) is 19.8 Å². The minimum Gasteiger partial charge on any atom is -0.494 e. The molecule has 4 rings (SSSR count). The Bertz CT molecular complexity index is 1020. The molecular formula is C23H25FN2O3. The minimum absolute atomic E-state index is 0.114. The van der Waals surface area contributed by atoms with Crippen molar-refractivity contribution in [3.05, 3.63) is 65.2 Å². The number of halogens is 1. The zero-order valence-corrected chi connectivity index (χ0v) is 16.8. The Balaban J connectivity index is 1.33. The van der Waals surface area contributed by atoms with E-state index in [1.165, 1.54) is 13.2 Å². The number of carbonyl (C=O) groups is 1. The predicted molar refractivity (Wildman–Crippen MR) is 109 cm³/mol. The Morgan fingerprint density at radius 1 is 1.14 bits per heavy atom. The summed E-state index contributed by atoms with van der Waals surface area (Å²) in [7, 11) is 1.46. The van der Waals surface area contributed by atoms with Crippen LogP contribution in [0.15, 0.2) is 47.1 Å². The number of amides is 1. The third-order valence-corrected chi connectivity index (χ3v) is 5.50. The zero-order chi connectivity index (χ0) is 20.4. The highest BCUT2D eigenvalue weighted by atomic mass is 19.1. The summed E-state index contributed by atoms with van der Waals surface area (Å²) < 4.78 is 24.5. The van der Waals surface area contributed by atoms with Crippen LogP contribution < -0.4 is 4.74 Å². The van der Waals surface area contributed by atoms with Crippen molar-refractivity contribution in [2.24, 2.45) is 0 Å². The maximum absolute atomic E-state index is 13.9. The molecule has 3 aromatic rings. The van der Waals surface area contributed by atoms with Gasteiger partial charge in [0.15, 0.2) is 11.6 Å². The van der Waals surface area contributed by atoms with Crippen LogP contribution >= 0.6 is 0 Å². The molecular weight excluding hydrogens is 371 g/mol. The Morgan fingerprint density at radius 2 is 1.93 bits per heavy atom. The second-order valence-electron chi connectivity index (χ2n) is 7.56. The second-order valence-corrected chi connectivity index (χ2v) is 7.56. The van der Waals surface area contributed by atoms with Crippen molar-refractivity contribution in [3.8, 4) is 5.75 Å². The van der Waals surface area contributed by atoms with Crippen LogP contribution in [0.1, 0.15) is 16.7 Å². The first kappa shape index (κ1) is 19.5. The lowest BCUT2D eigenvalue weighted by Crippen LogP contribution is -2.48. The monoisotopic (exact) mass is 396 g/mol. The summed E-state index contributed by atoms with van der Waals surface area (Å²) in [6.45, 7) is 5.56. The van der Waals surface area contributed by atoms with Gasteiger partial charge in [-0.15, -0.1) is 0 Å². The van der Waals surface area contributed by atoms with E-state index < -0.39 is 0 Å². The Labute approximate surface area is 169 Å². The fourth-order valence-corrected chi connectivity index (χ4v) is 3.82. The molecule has 1 aliphatic rings. The molecule has 1 aromatic heterocycles. The third-order valence-electron chi connectivity index (χ3n) is 5.50. The highest BCUT2D eigenvalue weighted by Gasteiger charge is 2.22. The topological polar surface area (TPSA) is 45.9 Å². The molecule has 1 fully saturated rings. The summed E-state index contributed by atoms with van der Waals surface area (Å²) in [5, 5.41) is 1.00. The van der Waals surface area contributed by atoms with Gasteiger partial charge in [-0.1, -0.05) is 18.2 Å². The number of ether oxygens (including phenoxy) is 1. The molecule has 2 heterocycles. The van der Waals surface area contributed by atoms with E-state index in [-0.39, 0.29) is 17.5 Å². The van der Waals surface area contributed by atoms with Crippen LogP contribution in [0.4, 0.5) is 4.39 Å². The van der Waals surface area contributed by atoms with Gasteiger partial charge in [-0.05, 0) is 36.2 Å². The van der Waals surface area contributed by atoms with Crippen LogP contribution in [0, 0.1) is 12.7 Å². The molecule has 0 unspecified atom stereocenters. The first-order chi connectivity index (χ1) is 14.0. The molecule has 152 valence electrons. The van der Waals surface area contributed by atoms with Crippen molar-refractivity contribution < 1.29 is 18.3 Å². The molecule has 0 bridgehead atoms. The van der Waals surface area contributed by atoms with E-state index >= 15 is 0 Å². The number of nitrogens with zero attached hydrogens (tertiary/aromatic N) is 2. The van der Waals surface area contributed by atoms with Crippen molar-refractivity contribution in [1.29, 1.82) is 0 Å². The molecule has 0 saturated carbocycles. The molecule has 0 N–H and O–H groups in total. The van der Waals surface area contributed by atoms with Crippen LogP contribution in [0.3, 0.4) is 0 Å². The van der Waals surface area contributed by atoms with Crippen molar-refractivity contribution in [1.82, 2.24) is 9.80 Å². The smallest absolute Gasteiger partial charge is 0.227 e. The van der Waals surface area contributed by atoms with Crippen LogP contribution in [-0.2, 0) is 17.8 Å². The number of hydrogen-bond donors (Lipinski definition) is 0. The average molecular weight is 396 g/mol. The van der Waals surface area contributed by atoms with Gasteiger partial charge in [-0.3, -0.25) is 9.69 Å². The van der Waals surface area contributed by atoms with Crippen molar-refractivity contribution in [2.45, 2.75) is 19.9 Å². The molecule has 2 aromatic carbocycles. The van der Waals surface area contributed by atoms with Gasteiger partial charge in [0.25, 0.3) is 0 Å². The SMILES string of the molecule is COc1ccc(CN2CCN(C(=O)Cc3coc4cc(C)ccc34)CC2)cc1F. The highest BCUT2D eigenvalue weighted by molar-refractivity contribution is 5.88. The molecule has 1 amide bonds. The number of aryl methyl sites for hydroxylation is 1. The van der Waals surface area contributed by atoms with E-state index in [4.69, 9.17) is 9.15 Å². The molecule has 0 atom stereocenters. The molecule has 0 spiro atoms. The summed E-state index contributed by atoms with van der Waals surface area (Å²) in [5.74, 6) is 0.0239. The summed E-state index contributed by atoms with van der Waals surface area (Å²) in [6.07, 6.45) is 2.04. The standard InChI is InChI=1S/C23H25FN2O3/c1-16-3-5-19-18(15-29-22(19)11-16)13-23(27)26-9-7-25(8-10-26)14-17-4-6-21(28-2)20(24)12-17/h3-6,11-12,15H,7-10,13-14H2,1-2H3. The lowest BCUT2D eigenvalue weighted by molar-refractivity contribution is -0.132. The number of hydrogen-bond acceptors (Lipinski definition) is 4. The molecule has 1 saturated heterocycles. The second kappa shape index (κ2) is 8.25. The fourth-order valence-electron chi connectivity index (χ4n) is 3.82. The maximum Gasteiger partial charge on any atom is 0.227 e. The van der Waals surface area contributed by atoms with Crippen LogP contribution in [0.2, 0.25) is 0 Å². The fraction of sp³-hybridized carbons (Fsp3) is 0.348. The van der Waals surface area contributed by atoms with Gasteiger partial charge >= 0.3 is 0 Å². The number of piperazine rings is 1. The van der Waals surface area contributed by atoms with Gasteiger partial charge in [0.2, 0.25) is 5.91 Å². The minimum atomic E-state index is -0.346. The summed E-state index contributed by atoms with van der Waals surface area (Å²) in [5.41, 5.74) is 3.80.